The van der Waals surface area contributed by atoms with Gasteiger partial charge < -0.3 is 9.38 Å². The Morgan fingerprint density at radius 1 is 0.500 bits per heavy atom. The van der Waals surface area contributed by atoms with Gasteiger partial charge in [0.05, 0.1) is 11.0 Å². The quantitative estimate of drug-likeness (QED) is 0.152. The van der Waals surface area contributed by atoms with Crippen LogP contribution in [0.4, 0.5) is 11.4 Å². The van der Waals surface area contributed by atoms with Crippen molar-refractivity contribution in [1.29, 1.82) is 0 Å². The highest BCUT2D eigenvalue weighted by Gasteiger charge is 2.46. The van der Waals surface area contributed by atoms with E-state index in [2.05, 4.69) is 196 Å². The second-order valence-corrected chi connectivity index (χ2v) is 21.8. The number of aromatic nitrogens is 1. The summed E-state index contributed by atoms with van der Waals surface area (Å²) < 4.78 is 5.39. The molecule has 0 unspecified atom stereocenters. The van der Waals surface area contributed by atoms with Crippen LogP contribution in [0.15, 0.2) is 103 Å². The average molecular weight is 749 g/mol. The second-order valence-electron chi connectivity index (χ2n) is 20.7. The number of nitrogens with zero attached hydrogens (tertiary/aromatic N) is 2. The third-order valence-corrected chi connectivity index (χ3v) is 14.0. The van der Waals surface area contributed by atoms with Gasteiger partial charge in [-0.2, -0.15) is 0 Å². The number of fused-ring (bicyclic) bond motifs is 11. The van der Waals surface area contributed by atoms with E-state index in [4.69, 9.17) is 0 Å². The maximum Gasteiger partial charge on any atom is 0.333 e. The smallest absolute Gasteiger partial charge is 0.333 e. The van der Waals surface area contributed by atoms with E-state index >= 15 is 0 Å². The van der Waals surface area contributed by atoms with Gasteiger partial charge in [0.15, 0.2) is 0 Å². The Bertz CT molecular complexity index is 2950. The zero-order valence-electron chi connectivity index (χ0n) is 35.2. The van der Waals surface area contributed by atoms with Crippen molar-refractivity contribution in [2.75, 3.05) is 4.81 Å². The molecule has 2 aromatic heterocycles. The van der Waals surface area contributed by atoms with E-state index in [-0.39, 0.29) is 28.5 Å². The molecule has 10 rings (SSSR count). The molecule has 0 radical (unpaired) electrons. The van der Waals surface area contributed by atoms with Crippen LogP contribution in [0.1, 0.15) is 105 Å². The summed E-state index contributed by atoms with van der Waals surface area (Å²) in [5, 5.41) is 5.39. The molecule has 2 nitrogen and oxygen atoms in total. The summed E-state index contributed by atoms with van der Waals surface area (Å²) in [6.45, 7) is 28.1. The molecule has 280 valence electrons. The summed E-state index contributed by atoms with van der Waals surface area (Å²) in [5.74, 6) is 0. The van der Waals surface area contributed by atoms with Crippen LogP contribution in [0, 0.1) is 0 Å². The van der Waals surface area contributed by atoms with Gasteiger partial charge in [-0.15, -0.1) is 11.3 Å². The first kappa shape index (κ1) is 35.6. The summed E-state index contributed by atoms with van der Waals surface area (Å²) in [5.41, 5.74) is 17.5. The Kier molecular flexibility index (Phi) is 7.26. The summed E-state index contributed by atoms with van der Waals surface area (Å²) in [6.07, 6.45) is 0. The first-order valence-electron chi connectivity index (χ1n) is 20.5. The van der Waals surface area contributed by atoms with Gasteiger partial charge in [-0.3, -0.25) is 0 Å². The molecule has 4 heteroatoms. The molecule has 0 fully saturated rings. The predicted molar refractivity (Wildman–Crippen MR) is 248 cm³/mol. The van der Waals surface area contributed by atoms with Crippen molar-refractivity contribution in [1.82, 2.24) is 4.57 Å². The van der Waals surface area contributed by atoms with Crippen molar-refractivity contribution in [3.63, 3.8) is 0 Å². The van der Waals surface area contributed by atoms with Crippen LogP contribution in [0.25, 0.3) is 58.8 Å². The van der Waals surface area contributed by atoms with Gasteiger partial charge in [0, 0.05) is 59.1 Å². The van der Waals surface area contributed by atoms with Crippen LogP contribution in [-0.2, 0) is 21.7 Å². The van der Waals surface area contributed by atoms with E-state index < -0.39 is 0 Å². The second kappa shape index (κ2) is 11.4. The lowest BCUT2D eigenvalue weighted by Crippen LogP contribution is -2.60. The topological polar surface area (TPSA) is 8.17 Å². The minimum Gasteiger partial charge on any atom is -0.376 e. The van der Waals surface area contributed by atoms with E-state index in [1.165, 1.54) is 103 Å². The van der Waals surface area contributed by atoms with Gasteiger partial charge in [0.25, 0.3) is 0 Å². The molecule has 0 spiro atoms. The van der Waals surface area contributed by atoms with E-state index in [1.54, 1.807) is 0 Å². The summed E-state index contributed by atoms with van der Waals surface area (Å²) >= 11 is 1.96. The van der Waals surface area contributed by atoms with Crippen molar-refractivity contribution in [2.24, 2.45) is 0 Å². The molecular formula is C52H53BN2S. The Balaban J connectivity index is 1.43. The van der Waals surface area contributed by atoms with Crippen LogP contribution >= 0.6 is 11.3 Å². The van der Waals surface area contributed by atoms with Gasteiger partial charge in [0.2, 0.25) is 0 Å². The largest absolute Gasteiger partial charge is 0.376 e. The molecule has 0 atom stereocenters. The zero-order chi connectivity index (χ0) is 39.4. The highest BCUT2D eigenvalue weighted by Crippen LogP contribution is 2.51. The Morgan fingerprint density at radius 2 is 1.11 bits per heavy atom. The molecule has 56 heavy (non-hydrogen) atoms. The van der Waals surface area contributed by atoms with Crippen LogP contribution in [-0.4, -0.2) is 11.4 Å². The summed E-state index contributed by atoms with van der Waals surface area (Å²) in [7, 11) is 0. The van der Waals surface area contributed by atoms with Crippen molar-refractivity contribution >= 4 is 82.5 Å². The normalized spacial score (nSPS) is 14.4. The lowest BCUT2D eigenvalue weighted by molar-refractivity contribution is 0.590. The van der Waals surface area contributed by atoms with Crippen LogP contribution < -0.4 is 15.7 Å². The molecular weight excluding hydrogens is 695 g/mol. The predicted octanol–water partition coefficient (Wildman–Crippen LogP) is 13.6. The molecule has 0 N–H and O–H groups in total. The fraction of sp³-hybridized carbons (Fsp3) is 0.308. The monoisotopic (exact) mass is 748 g/mol. The van der Waals surface area contributed by atoms with Crippen LogP contribution in [0.3, 0.4) is 0 Å². The van der Waals surface area contributed by atoms with Gasteiger partial charge in [-0.25, -0.2) is 0 Å². The van der Waals surface area contributed by atoms with E-state index in [0.29, 0.717) is 0 Å². The average Bonchev–Trinajstić information content (AvgIpc) is 3.67. The van der Waals surface area contributed by atoms with E-state index in [9.17, 15) is 0 Å². The molecule has 2 aliphatic rings. The number of benzene rings is 6. The fourth-order valence-electron chi connectivity index (χ4n) is 9.51. The van der Waals surface area contributed by atoms with Gasteiger partial charge in [-0.05, 0) is 109 Å². The molecule has 2 aliphatic heterocycles. The van der Waals surface area contributed by atoms with Crippen molar-refractivity contribution in [3.8, 4) is 16.8 Å². The molecule has 0 saturated carbocycles. The van der Waals surface area contributed by atoms with E-state index in [0.717, 1.165) is 0 Å². The number of hydrogen-bond donors (Lipinski definition) is 0. The van der Waals surface area contributed by atoms with Crippen molar-refractivity contribution in [2.45, 2.75) is 105 Å². The lowest BCUT2D eigenvalue weighted by Gasteiger charge is -2.43. The third-order valence-electron chi connectivity index (χ3n) is 12.8. The SMILES string of the molecule is CC(C)(C)c1ccc(N2B3c4c(cc5c(sc6ccccc65)c4-c4cc(C(C)(C)C)ccc42)-n2c4ccc(C(C)(C)C)cc4c4cc(C(C)(C)C)cc3c42)cc1. The van der Waals surface area contributed by atoms with Gasteiger partial charge in [-0.1, -0.05) is 132 Å². The molecule has 0 aliphatic carbocycles. The van der Waals surface area contributed by atoms with E-state index in [1.807, 2.05) is 11.3 Å². The number of hydrogen-bond acceptors (Lipinski definition) is 2. The molecule has 0 bridgehead atoms. The van der Waals surface area contributed by atoms with Crippen LogP contribution in [0.2, 0.25) is 0 Å². The standard InChI is InChI=1S/C52H53BN2S/c1-49(2,3)30-17-21-34(22-18-30)55-42-24-20-32(51(7,8)9)26-39(42)45-46-43(29-38-35-15-13-14-16-44(35)56-48(38)45)54-41-23-19-31(50(4,5)6)25-36(41)37-27-33(52(10,11)12)28-40(47(37)54)53(46)55/h13-29H,1-12H3. The number of anilines is 2. The molecule has 0 amide bonds. The first-order chi connectivity index (χ1) is 26.3. The maximum absolute atomic E-state index is 2.70. The van der Waals surface area contributed by atoms with Crippen molar-refractivity contribution < 1.29 is 0 Å². The Labute approximate surface area is 337 Å². The zero-order valence-corrected chi connectivity index (χ0v) is 36.0. The van der Waals surface area contributed by atoms with Gasteiger partial charge in [0.1, 0.15) is 0 Å². The lowest BCUT2D eigenvalue weighted by atomic mass is 9.43. The highest BCUT2D eigenvalue weighted by atomic mass is 32.1. The number of thiophene rings is 1. The summed E-state index contributed by atoms with van der Waals surface area (Å²) in [6, 6.07) is 40.8. The minimum absolute atomic E-state index is 0.000944. The molecule has 4 heterocycles. The molecule has 8 aromatic rings. The maximum atomic E-state index is 2.70. The fourth-order valence-corrected chi connectivity index (χ4v) is 10.8. The van der Waals surface area contributed by atoms with Gasteiger partial charge >= 0.3 is 6.85 Å². The highest BCUT2D eigenvalue weighted by molar-refractivity contribution is 7.26. The third kappa shape index (κ3) is 5.07. The minimum atomic E-state index is -0.0351. The summed E-state index contributed by atoms with van der Waals surface area (Å²) in [4.78, 5) is 2.70. The first-order valence-corrected chi connectivity index (χ1v) is 21.3. The van der Waals surface area contributed by atoms with Crippen LogP contribution in [0.5, 0.6) is 0 Å². The van der Waals surface area contributed by atoms with Crippen molar-refractivity contribution in [3.05, 3.63) is 125 Å². The Morgan fingerprint density at radius 3 is 1.79 bits per heavy atom. The molecule has 6 aromatic carbocycles. The molecule has 0 saturated heterocycles. The number of rotatable bonds is 1. The Hall–Kier alpha value is -4.80.